The lowest BCUT2D eigenvalue weighted by Crippen LogP contribution is -2.78. The summed E-state index contributed by atoms with van der Waals surface area (Å²) in [6.07, 6.45) is -32.2. The minimum absolute atomic E-state index is 0.447. The lowest BCUT2D eigenvalue weighted by molar-refractivity contribution is -0.482. The second kappa shape index (κ2) is 22.7. The Morgan fingerprint density at radius 3 is 0.314 bits per heavy atom. The maximum absolute atomic E-state index is 14.2. The van der Waals surface area contributed by atoms with E-state index < -0.39 is 220 Å². The van der Waals surface area contributed by atoms with E-state index in [1.54, 1.807) is 0 Å². The third-order valence-electron chi connectivity index (χ3n) is 12.0. The van der Waals surface area contributed by atoms with E-state index in [1.807, 2.05) is 0 Å². The first-order valence-electron chi connectivity index (χ1n) is 21.2. The van der Waals surface area contributed by atoms with E-state index in [-0.39, 0.29) is 0 Å². The number of hydrogen-bond acceptors (Lipinski definition) is 0. The predicted octanol–water partition coefficient (Wildman–Crippen LogP) is 20.8. The fraction of sp³-hybridized carbons (Fsp3) is 1.00. The van der Waals surface area contributed by atoms with Crippen molar-refractivity contribution in [3.8, 4) is 0 Å². The highest BCUT2D eigenvalue weighted by Crippen LogP contribution is 2.71. The average Bonchev–Trinajstić information content (AvgIpc) is 3.29. The SMILES string of the molecule is FC(F)(F)C(F)(F)C(F)(F)C(F)(F)C(F)(F)C(F)(F)C(F)(F)C(F)(F)C(F)(F)C(F)(F)C(F)(F)C(F)(F)CCCCCCCCCCCCC(F)(F)C(F)(F)C(F)(F)C(F)(F)C(F)(F)C(F)(F)C(F)(F)C(F)(F)C(F)(F)C(F)(F)C(F)(F)C(F)(F)F. The van der Waals surface area contributed by atoms with Crippen LogP contribution >= 0.6 is 0 Å². The van der Waals surface area contributed by atoms with Crippen LogP contribution < -0.4 is 0 Å². The van der Waals surface area contributed by atoms with Gasteiger partial charge < -0.3 is 0 Å². The highest BCUT2D eigenvalue weighted by molar-refractivity contribution is 5.22. The van der Waals surface area contributed by atoms with E-state index in [0.29, 0.717) is 0 Å². The van der Waals surface area contributed by atoms with Gasteiger partial charge in [-0.1, -0.05) is 51.4 Å². The Labute approximate surface area is 440 Å². The van der Waals surface area contributed by atoms with Crippen LogP contribution in [0, 0.1) is 0 Å². The maximum atomic E-state index is 14.2. The summed E-state index contributed by atoms with van der Waals surface area (Å²) in [6, 6.07) is 0. The number of unbranched alkanes of at least 4 members (excludes halogenated alkanes) is 9. The summed E-state index contributed by atoms with van der Waals surface area (Å²) in [6.45, 7) is 0. The standard InChI is InChI=1S/C36H24F50/c37-13(38,15(41,42)17(45,46)19(49,50)21(53,54)23(57,58)25(61,62)27(65,66)29(69,70)31(73,74)33(77,78)35(81,82)83)11-9-7-5-3-1-2-4-6-8-10-12-14(39,40)16(43,44)18(47,48)20(51,52)22(55,56)24(59,60)26(63,64)28(67,68)30(71,72)32(75,76)34(79,80)36(84,85)86/h1-12H2. The minimum atomic E-state index is -9.81. The molecule has 0 saturated heterocycles. The van der Waals surface area contributed by atoms with E-state index in [4.69, 9.17) is 0 Å². The second-order valence-corrected chi connectivity index (χ2v) is 17.9. The van der Waals surface area contributed by atoms with Gasteiger partial charge in [-0.15, -0.1) is 0 Å². The molecule has 0 rings (SSSR count). The molecule has 0 N–H and O–H groups in total. The van der Waals surface area contributed by atoms with Gasteiger partial charge in [-0.05, 0) is 12.8 Å². The van der Waals surface area contributed by atoms with E-state index in [9.17, 15) is 220 Å². The molecule has 0 aromatic rings. The van der Waals surface area contributed by atoms with Crippen molar-refractivity contribution in [2.45, 2.75) is 220 Å². The normalized spacial score (nSPS) is 16.8. The van der Waals surface area contributed by atoms with Crippen LogP contribution in [0.1, 0.15) is 77.0 Å². The van der Waals surface area contributed by atoms with Gasteiger partial charge in [-0.2, -0.15) is 220 Å². The van der Waals surface area contributed by atoms with Crippen LogP contribution in [0.25, 0.3) is 0 Å². The lowest BCUT2D eigenvalue weighted by Gasteiger charge is -2.45. The molecule has 0 amide bonds. The summed E-state index contributed by atoms with van der Waals surface area (Å²) in [4.78, 5) is 0. The second-order valence-electron chi connectivity index (χ2n) is 17.9. The van der Waals surface area contributed by atoms with Gasteiger partial charge in [0.05, 0.1) is 0 Å². The fourth-order valence-electron chi connectivity index (χ4n) is 6.39. The molecular weight excluding hydrogens is 1380 g/mol. The smallest absolute Gasteiger partial charge is 0.200 e. The van der Waals surface area contributed by atoms with Crippen LogP contribution in [0.2, 0.25) is 0 Å². The van der Waals surface area contributed by atoms with Crippen molar-refractivity contribution in [3.63, 3.8) is 0 Å². The summed E-state index contributed by atoms with van der Waals surface area (Å²) in [5.41, 5.74) is 0. The molecule has 0 atom stereocenters. The average molecular weight is 1410 g/mol. The van der Waals surface area contributed by atoms with Gasteiger partial charge >= 0.3 is 143 Å². The van der Waals surface area contributed by atoms with Crippen molar-refractivity contribution in [1.82, 2.24) is 0 Å². The topological polar surface area (TPSA) is 0 Å². The third-order valence-corrected chi connectivity index (χ3v) is 12.0. The van der Waals surface area contributed by atoms with Crippen LogP contribution in [0.15, 0.2) is 0 Å². The molecule has 0 unspecified atom stereocenters. The largest absolute Gasteiger partial charge is 0.460 e. The molecule has 86 heavy (non-hydrogen) atoms. The Kier molecular flexibility index (Phi) is 21.8. The summed E-state index contributed by atoms with van der Waals surface area (Å²) in [7, 11) is 0. The van der Waals surface area contributed by atoms with E-state index in [2.05, 4.69) is 0 Å². The zero-order chi connectivity index (χ0) is 70.5. The van der Waals surface area contributed by atoms with Crippen molar-refractivity contribution >= 4 is 0 Å². The molecule has 0 aromatic carbocycles. The van der Waals surface area contributed by atoms with Crippen LogP contribution in [0.5, 0.6) is 0 Å². The Hall–Kier alpha value is -3.50. The summed E-state index contributed by atoms with van der Waals surface area (Å²) >= 11 is 0. The molecule has 0 aliphatic carbocycles. The van der Waals surface area contributed by atoms with Crippen LogP contribution in [-0.2, 0) is 0 Å². The summed E-state index contributed by atoms with van der Waals surface area (Å²) in [5, 5.41) is 0. The van der Waals surface area contributed by atoms with Gasteiger partial charge in [-0.3, -0.25) is 0 Å². The number of alkyl halides is 50. The van der Waals surface area contributed by atoms with Gasteiger partial charge in [0.2, 0.25) is 0 Å². The molecular formula is C36H24F50. The quantitative estimate of drug-likeness (QED) is 0.0454. The molecule has 0 aliphatic rings. The van der Waals surface area contributed by atoms with Crippen molar-refractivity contribution in [2.75, 3.05) is 0 Å². The first kappa shape index (κ1) is 82.5. The molecule has 0 aromatic heterocycles. The van der Waals surface area contributed by atoms with Crippen LogP contribution in [-0.4, -0.2) is 143 Å². The molecule has 0 radical (unpaired) electrons. The zero-order valence-corrected chi connectivity index (χ0v) is 39.4. The Balaban J connectivity index is 6.00. The number of halogens is 50. The molecule has 0 nitrogen and oxygen atoms in total. The molecule has 50 heteroatoms. The summed E-state index contributed by atoms with van der Waals surface area (Å²) in [5.74, 6) is -201. The molecule has 0 spiro atoms. The Morgan fingerprint density at radius 1 is 0.105 bits per heavy atom. The summed E-state index contributed by atoms with van der Waals surface area (Å²) < 4.78 is 682. The van der Waals surface area contributed by atoms with Gasteiger partial charge in [-0.25, -0.2) is 0 Å². The number of rotatable bonds is 33. The third kappa shape index (κ3) is 11.4. The minimum Gasteiger partial charge on any atom is -0.200 e. The monoisotopic (exact) mass is 1410 g/mol. The van der Waals surface area contributed by atoms with Gasteiger partial charge in [0.1, 0.15) is 0 Å². The van der Waals surface area contributed by atoms with E-state index in [0.717, 1.165) is 0 Å². The first-order chi connectivity index (χ1) is 36.7. The Morgan fingerprint density at radius 2 is 0.198 bits per heavy atom. The van der Waals surface area contributed by atoms with Crippen molar-refractivity contribution in [2.24, 2.45) is 0 Å². The lowest BCUT2D eigenvalue weighted by atomic mass is 9.84. The molecule has 0 bridgehead atoms. The molecule has 0 fully saturated rings. The first-order valence-corrected chi connectivity index (χ1v) is 21.2. The van der Waals surface area contributed by atoms with Crippen molar-refractivity contribution in [3.05, 3.63) is 0 Å². The number of hydrogen-bond donors (Lipinski definition) is 0. The maximum Gasteiger partial charge on any atom is 0.460 e. The van der Waals surface area contributed by atoms with Crippen LogP contribution in [0.4, 0.5) is 220 Å². The highest BCUT2D eigenvalue weighted by atomic mass is 19.5. The molecule has 0 heterocycles. The zero-order valence-electron chi connectivity index (χ0n) is 39.4. The van der Waals surface area contributed by atoms with Gasteiger partial charge in [0, 0.05) is 12.8 Å². The van der Waals surface area contributed by atoms with Crippen LogP contribution in [0.3, 0.4) is 0 Å². The molecule has 0 aliphatic heterocycles. The van der Waals surface area contributed by atoms with Gasteiger partial charge in [0.15, 0.2) is 0 Å². The fourth-order valence-corrected chi connectivity index (χ4v) is 6.39. The predicted molar refractivity (Wildman–Crippen MR) is 176 cm³/mol. The van der Waals surface area contributed by atoms with Crippen molar-refractivity contribution in [1.29, 1.82) is 0 Å². The molecule has 518 valence electrons. The van der Waals surface area contributed by atoms with E-state index >= 15 is 0 Å². The Bertz CT molecular complexity index is 2090. The van der Waals surface area contributed by atoms with Gasteiger partial charge in [0.25, 0.3) is 0 Å². The highest BCUT2D eigenvalue weighted by Gasteiger charge is 3.02. The van der Waals surface area contributed by atoms with E-state index in [1.165, 1.54) is 0 Å². The molecule has 0 saturated carbocycles. The van der Waals surface area contributed by atoms with Crippen molar-refractivity contribution < 1.29 is 220 Å².